The molecule has 4 rings (SSSR count). The van der Waals surface area contributed by atoms with E-state index in [2.05, 4.69) is 10.3 Å². The molecule has 6 nitrogen and oxygen atoms in total. The molecule has 1 aliphatic heterocycles. The molecule has 0 spiro atoms. The van der Waals surface area contributed by atoms with Gasteiger partial charge in [-0.2, -0.15) is 0 Å². The number of amidine groups is 1. The van der Waals surface area contributed by atoms with Gasteiger partial charge in [-0.15, -0.1) is 0 Å². The number of rotatable bonds is 7. The Hall–Kier alpha value is -1.51. The van der Waals surface area contributed by atoms with Gasteiger partial charge >= 0.3 is 196 Å². The number of nitrogens with one attached hydrogen (secondary N) is 2. The molecular formula is C25H37IN5O-. The number of pyridine rings is 1. The Balaban J connectivity index is 1.38. The van der Waals surface area contributed by atoms with E-state index in [0.29, 0.717) is 11.5 Å². The fraction of sp³-hybridized carbons (Fsp3) is 0.680. The second kappa shape index (κ2) is 10.6. The number of aryl methyl sites for hydroxylation is 1. The molecule has 3 aliphatic rings. The van der Waals surface area contributed by atoms with Crippen LogP contribution >= 0.6 is 0 Å². The molecular weight excluding hydrogens is 513 g/mol. The number of nitrogens with zero attached hydrogens (tertiary/aromatic N) is 2. The third-order valence-electron chi connectivity index (χ3n) is 7.53. The minimum atomic E-state index is -0.558. The van der Waals surface area contributed by atoms with Gasteiger partial charge in [-0.25, -0.2) is 0 Å². The van der Waals surface area contributed by atoms with Crippen molar-refractivity contribution >= 4 is 13.5 Å². The molecule has 0 radical (unpaired) electrons. The standard InChI is InChI=1S/C25H37IN5O/c1-17-10-11-20(16-29-17)22(32)30-21-9-5-8-19(14-21)15-25(23(27)26-24(28)31-25)13-12-18-6-3-2-4-7-18/h10-11,16,18-19,21,27H,2-9,12-15H2,1H3,(H2,28,31)(H,30,32)/q-1/t19-,21+,25+/m0/s1. The van der Waals surface area contributed by atoms with Crippen LogP contribution in [0.15, 0.2) is 23.3 Å². The van der Waals surface area contributed by atoms with Crippen molar-refractivity contribution in [3.63, 3.8) is 0 Å². The van der Waals surface area contributed by atoms with Crippen LogP contribution in [-0.2, 0) is 0 Å². The maximum absolute atomic E-state index is 12.7. The summed E-state index contributed by atoms with van der Waals surface area (Å²) in [6, 6.07) is 3.91. The van der Waals surface area contributed by atoms with Gasteiger partial charge in [0, 0.05) is 0 Å². The van der Waals surface area contributed by atoms with Crippen LogP contribution in [0, 0.1) is 24.2 Å². The molecule has 1 aromatic heterocycles. The third kappa shape index (κ3) is 5.88. The van der Waals surface area contributed by atoms with Crippen LogP contribution in [0.25, 0.3) is 0 Å². The van der Waals surface area contributed by atoms with Crippen LogP contribution in [-0.4, -0.2) is 30.0 Å². The van der Waals surface area contributed by atoms with Gasteiger partial charge < -0.3 is 0 Å². The van der Waals surface area contributed by atoms with Gasteiger partial charge in [-0.05, 0) is 6.92 Å². The van der Waals surface area contributed by atoms with E-state index in [-0.39, 0.29) is 17.5 Å². The Bertz CT molecular complexity index is 848. The van der Waals surface area contributed by atoms with Gasteiger partial charge in [-0.3, -0.25) is 0 Å². The molecule has 1 aromatic rings. The molecule has 1 amide bonds. The molecule has 2 heterocycles. The number of carbonyl (C=O) groups excluding carboxylic acids is 1. The second-order valence-corrected chi connectivity index (χ2v) is 12.7. The summed E-state index contributed by atoms with van der Waals surface area (Å²) in [5.41, 5.74) is 7.37. The zero-order chi connectivity index (χ0) is 22.6. The van der Waals surface area contributed by atoms with Crippen LogP contribution in [0.2, 0.25) is 0 Å². The number of amides is 1. The molecule has 2 fully saturated rings. The Morgan fingerprint density at radius 2 is 1.97 bits per heavy atom. The van der Waals surface area contributed by atoms with E-state index in [9.17, 15) is 4.79 Å². The van der Waals surface area contributed by atoms with Crippen LogP contribution < -0.4 is 32.3 Å². The predicted molar refractivity (Wildman–Crippen MR) is 125 cm³/mol. The van der Waals surface area contributed by atoms with Gasteiger partial charge in [-0.1, -0.05) is 0 Å². The number of halogens is 1. The van der Waals surface area contributed by atoms with Gasteiger partial charge in [0.25, 0.3) is 0 Å². The van der Waals surface area contributed by atoms with E-state index in [1.807, 2.05) is 19.1 Å². The molecule has 176 valence electrons. The summed E-state index contributed by atoms with van der Waals surface area (Å²) in [5, 5.41) is 12.0. The van der Waals surface area contributed by atoms with Crippen LogP contribution in [0.4, 0.5) is 0 Å². The van der Waals surface area contributed by atoms with E-state index in [0.717, 1.165) is 57.7 Å². The third-order valence-corrected chi connectivity index (χ3v) is 9.87. The zero-order valence-corrected chi connectivity index (χ0v) is 21.4. The summed E-state index contributed by atoms with van der Waals surface area (Å²) in [4.78, 5) is 21.9. The number of hydrogen-bond donors (Lipinski definition) is 3. The average molecular weight is 551 g/mol. The molecule has 2 saturated carbocycles. The summed E-state index contributed by atoms with van der Waals surface area (Å²) in [7, 11) is 0. The quantitative estimate of drug-likeness (QED) is 0.355. The number of hydrogen-bond acceptors (Lipinski definition) is 5. The van der Waals surface area contributed by atoms with Crippen LogP contribution in [0.3, 0.4) is 0 Å². The summed E-state index contributed by atoms with van der Waals surface area (Å²) in [5.74, 6) is 1.25. The molecule has 7 heteroatoms. The number of aliphatic imine (C=N–C) groups is 1. The Morgan fingerprint density at radius 3 is 2.66 bits per heavy atom. The van der Waals surface area contributed by atoms with Crippen molar-refractivity contribution in [3.8, 4) is 0 Å². The van der Waals surface area contributed by atoms with Gasteiger partial charge in [0.2, 0.25) is 0 Å². The SMILES string of the molecule is Cc1ccc(C(=O)N[C@@H]2CCC[C@H](C[C@@]3(CCC4CCCCC4)N=C(N)[I-]C3=N)C2)cn1. The predicted octanol–water partition coefficient (Wildman–Crippen LogP) is 1.56. The molecule has 0 saturated heterocycles. The summed E-state index contributed by atoms with van der Waals surface area (Å²) in [6.45, 7) is 1.93. The normalized spacial score (nSPS) is 29.3. The summed E-state index contributed by atoms with van der Waals surface area (Å²) < 4.78 is 1.56. The van der Waals surface area contributed by atoms with Crippen molar-refractivity contribution in [3.05, 3.63) is 29.6 Å². The van der Waals surface area contributed by atoms with E-state index in [1.165, 1.54) is 38.5 Å². The fourth-order valence-electron chi connectivity index (χ4n) is 5.74. The molecule has 2 aliphatic carbocycles. The van der Waals surface area contributed by atoms with Crippen molar-refractivity contribution in [2.45, 2.75) is 95.6 Å². The molecule has 4 N–H and O–H groups in total. The van der Waals surface area contributed by atoms with Crippen LogP contribution in [0.5, 0.6) is 0 Å². The number of carbonyl (C=O) groups is 1. The molecule has 0 unspecified atom stereocenters. The molecule has 0 bridgehead atoms. The van der Waals surface area contributed by atoms with E-state index >= 15 is 0 Å². The monoisotopic (exact) mass is 550 g/mol. The number of aromatic nitrogens is 1. The zero-order valence-electron chi connectivity index (χ0n) is 19.2. The maximum atomic E-state index is 12.7. The van der Waals surface area contributed by atoms with Crippen LogP contribution in [0.1, 0.15) is 93.1 Å². The Kier molecular flexibility index (Phi) is 7.84. The van der Waals surface area contributed by atoms with E-state index in [1.54, 1.807) is 6.20 Å². The Morgan fingerprint density at radius 1 is 1.19 bits per heavy atom. The Labute approximate surface area is 202 Å². The average Bonchev–Trinajstić information content (AvgIpc) is 3.06. The molecule has 3 atom stereocenters. The second-order valence-electron chi connectivity index (χ2n) is 10.0. The fourth-order valence-corrected chi connectivity index (χ4v) is 7.98. The van der Waals surface area contributed by atoms with Gasteiger partial charge in [0.1, 0.15) is 0 Å². The van der Waals surface area contributed by atoms with Crippen molar-refractivity contribution < 1.29 is 26.0 Å². The molecule has 32 heavy (non-hydrogen) atoms. The first-order chi connectivity index (χ1) is 15.4. The number of nitrogens with two attached hydrogens (primary N) is 1. The van der Waals surface area contributed by atoms with E-state index in [4.69, 9.17) is 16.1 Å². The van der Waals surface area contributed by atoms with E-state index < -0.39 is 21.2 Å². The summed E-state index contributed by atoms with van der Waals surface area (Å²) >= 11 is -0.558. The first kappa shape index (κ1) is 23.6. The minimum absolute atomic E-state index is 0.0306. The molecule has 0 aromatic carbocycles. The van der Waals surface area contributed by atoms with Crippen molar-refractivity contribution in [2.24, 2.45) is 22.6 Å². The van der Waals surface area contributed by atoms with Crippen molar-refractivity contribution in [1.82, 2.24) is 10.3 Å². The first-order valence-electron chi connectivity index (χ1n) is 12.3. The van der Waals surface area contributed by atoms with Crippen molar-refractivity contribution in [1.29, 1.82) is 5.41 Å². The van der Waals surface area contributed by atoms with Crippen molar-refractivity contribution in [2.75, 3.05) is 0 Å². The van der Waals surface area contributed by atoms with Gasteiger partial charge in [0.05, 0.1) is 0 Å². The topological polar surface area (TPSA) is 104 Å². The van der Waals surface area contributed by atoms with Gasteiger partial charge in [0.15, 0.2) is 0 Å². The first-order valence-corrected chi connectivity index (χ1v) is 14.4. The summed E-state index contributed by atoms with van der Waals surface area (Å²) in [6.07, 6.45) is 15.8.